The van der Waals surface area contributed by atoms with Gasteiger partial charge in [0.15, 0.2) is 5.65 Å². The van der Waals surface area contributed by atoms with Crippen LogP contribution in [0, 0.1) is 0 Å². The maximum absolute atomic E-state index is 12.5. The lowest BCUT2D eigenvalue weighted by molar-refractivity contribution is 0.304. The van der Waals surface area contributed by atoms with Crippen molar-refractivity contribution in [3.05, 3.63) is 59.5 Å². The largest absolute Gasteiger partial charge is 0.367 e. The summed E-state index contributed by atoms with van der Waals surface area (Å²) < 4.78 is 3.39. The van der Waals surface area contributed by atoms with Crippen molar-refractivity contribution in [2.75, 3.05) is 5.32 Å². The number of hydrogen-bond acceptors (Lipinski definition) is 7. The average molecular weight is 402 g/mol. The molecule has 0 bridgehead atoms. The maximum atomic E-state index is 12.5. The Balaban J connectivity index is 1.31. The fourth-order valence-corrected chi connectivity index (χ4v) is 4.10. The van der Waals surface area contributed by atoms with Crippen molar-refractivity contribution in [1.82, 2.24) is 34.5 Å². The lowest BCUT2D eigenvalue weighted by atomic mass is 9.91. The molecule has 1 saturated carbocycles. The Bertz CT molecular complexity index is 1220. The smallest absolute Gasteiger partial charge is 0.267 e. The predicted octanol–water partition coefficient (Wildman–Crippen LogP) is 2.58. The highest BCUT2D eigenvalue weighted by Crippen LogP contribution is 2.30. The van der Waals surface area contributed by atoms with Gasteiger partial charge in [0.25, 0.3) is 5.56 Å². The Morgan fingerprint density at radius 3 is 2.63 bits per heavy atom. The van der Waals surface area contributed by atoms with Crippen molar-refractivity contribution in [2.24, 2.45) is 7.05 Å². The van der Waals surface area contributed by atoms with E-state index >= 15 is 0 Å². The van der Waals surface area contributed by atoms with Crippen molar-refractivity contribution in [1.29, 1.82) is 0 Å². The predicted molar refractivity (Wildman–Crippen MR) is 113 cm³/mol. The zero-order chi connectivity index (χ0) is 20.5. The van der Waals surface area contributed by atoms with Gasteiger partial charge in [-0.3, -0.25) is 14.5 Å². The molecule has 0 spiro atoms. The van der Waals surface area contributed by atoms with Gasteiger partial charge in [-0.25, -0.2) is 14.6 Å². The van der Waals surface area contributed by atoms with E-state index in [0.717, 1.165) is 53.8 Å². The lowest BCUT2D eigenvalue weighted by Gasteiger charge is -2.30. The van der Waals surface area contributed by atoms with Crippen LogP contribution in [-0.2, 0) is 7.05 Å². The number of pyridine rings is 1. The van der Waals surface area contributed by atoms with Crippen molar-refractivity contribution in [3.8, 4) is 11.3 Å². The zero-order valence-corrected chi connectivity index (χ0v) is 16.6. The Morgan fingerprint density at radius 1 is 1.03 bits per heavy atom. The SMILES string of the molecule is Cn1ncc2c(NC3CCC(n4nc(-c5ccncc5)ccc4=O)CC3)ncnc21. The molecular formula is C21H22N8O. The second kappa shape index (κ2) is 7.66. The number of aromatic nitrogens is 7. The standard InChI is InChI=1S/C21H22N8O/c1-28-21-17(12-25-28)20(23-13-24-21)26-15-2-4-16(5-3-15)29-19(30)7-6-18(27-29)14-8-10-22-11-9-14/h6-13,15-16H,2-5H2,1H3,(H,23,24,26). The van der Waals surface area contributed by atoms with Gasteiger partial charge in [0.2, 0.25) is 0 Å². The summed E-state index contributed by atoms with van der Waals surface area (Å²) in [6, 6.07) is 7.57. The van der Waals surface area contributed by atoms with E-state index in [-0.39, 0.29) is 11.6 Å². The first-order valence-corrected chi connectivity index (χ1v) is 10.1. The summed E-state index contributed by atoms with van der Waals surface area (Å²) in [5.74, 6) is 0.812. The molecule has 152 valence electrons. The molecule has 0 aromatic carbocycles. The Morgan fingerprint density at radius 2 is 1.83 bits per heavy atom. The molecule has 0 unspecified atom stereocenters. The topological polar surface area (TPSA) is 103 Å². The van der Waals surface area contributed by atoms with Gasteiger partial charge in [-0.2, -0.15) is 10.2 Å². The lowest BCUT2D eigenvalue weighted by Crippen LogP contribution is -2.33. The number of aryl methyl sites for hydroxylation is 1. The molecule has 30 heavy (non-hydrogen) atoms. The Hall–Kier alpha value is -3.62. The van der Waals surface area contributed by atoms with Crippen LogP contribution in [-0.4, -0.2) is 40.6 Å². The van der Waals surface area contributed by atoms with Crippen LogP contribution in [0.25, 0.3) is 22.3 Å². The van der Waals surface area contributed by atoms with E-state index in [4.69, 9.17) is 0 Å². The molecule has 4 aromatic rings. The van der Waals surface area contributed by atoms with E-state index in [0.29, 0.717) is 6.04 Å². The van der Waals surface area contributed by atoms with E-state index < -0.39 is 0 Å². The second-order valence-corrected chi connectivity index (χ2v) is 7.61. The van der Waals surface area contributed by atoms with E-state index in [1.54, 1.807) is 46.4 Å². The molecule has 1 N–H and O–H groups in total. The molecule has 1 aliphatic rings. The van der Waals surface area contributed by atoms with Gasteiger partial charge >= 0.3 is 0 Å². The number of anilines is 1. The number of nitrogens with one attached hydrogen (secondary N) is 1. The third kappa shape index (κ3) is 3.42. The van der Waals surface area contributed by atoms with Crippen LogP contribution in [0.15, 0.2) is 54.0 Å². The van der Waals surface area contributed by atoms with Crippen LogP contribution >= 0.6 is 0 Å². The molecule has 0 radical (unpaired) electrons. The average Bonchev–Trinajstić information content (AvgIpc) is 3.17. The molecule has 9 nitrogen and oxygen atoms in total. The fourth-order valence-electron chi connectivity index (χ4n) is 4.10. The van der Waals surface area contributed by atoms with Crippen LogP contribution in [0.1, 0.15) is 31.7 Å². The van der Waals surface area contributed by atoms with Crippen LogP contribution in [0.5, 0.6) is 0 Å². The molecule has 4 heterocycles. The molecule has 9 heteroatoms. The summed E-state index contributed by atoms with van der Waals surface area (Å²) in [6.07, 6.45) is 10.4. The summed E-state index contributed by atoms with van der Waals surface area (Å²) in [4.78, 5) is 25.2. The molecular weight excluding hydrogens is 380 g/mol. The van der Waals surface area contributed by atoms with Gasteiger partial charge in [-0.05, 0) is 43.9 Å². The molecule has 0 atom stereocenters. The first kappa shape index (κ1) is 18.4. The van der Waals surface area contributed by atoms with E-state index in [9.17, 15) is 4.79 Å². The maximum Gasteiger partial charge on any atom is 0.267 e. The molecule has 0 aliphatic heterocycles. The van der Waals surface area contributed by atoms with Crippen LogP contribution < -0.4 is 10.9 Å². The van der Waals surface area contributed by atoms with Crippen molar-refractivity contribution in [2.45, 2.75) is 37.8 Å². The zero-order valence-electron chi connectivity index (χ0n) is 16.6. The monoisotopic (exact) mass is 402 g/mol. The third-order valence-electron chi connectivity index (χ3n) is 5.71. The molecule has 0 amide bonds. The quantitative estimate of drug-likeness (QED) is 0.559. The second-order valence-electron chi connectivity index (χ2n) is 7.61. The normalized spacial score (nSPS) is 19.1. The van der Waals surface area contributed by atoms with Gasteiger partial charge in [0, 0.05) is 37.1 Å². The van der Waals surface area contributed by atoms with Gasteiger partial charge < -0.3 is 5.32 Å². The summed E-state index contributed by atoms with van der Waals surface area (Å²) in [7, 11) is 1.87. The molecule has 4 aromatic heterocycles. The van der Waals surface area contributed by atoms with Gasteiger partial charge in [-0.1, -0.05) is 0 Å². The minimum Gasteiger partial charge on any atom is -0.367 e. The number of fused-ring (bicyclic) bond motifs is 1. The van der Waals surface area contributed by atoms with E-state index in [2.05, 4.69) is 30.5 Å². The minimum absolute atomic E-state index is 0.0583. The van der Waals surface area contributed by atoms with Gasteiger partial charge in [-0.15, -0.1) is 0 Å². The van der Waals surface area contributed by atoms with E-state index in [1.807, 2.05) is 19.2 Å². The van der Waals surface area contributed by atoms with Gasteiger partial charge in [0.1, 0.15) is 12.1 Å². The molecule has 5 rings (SSSR count). The van der Waals surface area contributed by atoms with Gasteiger partial charge in [0.05, 0.1) is 23.3 Å². The number of nitrogens with zero attached hydrogens (tertiary/aromatic N) is 7. The highest BCUT2D eigenvalue weighted by atomic mass is 16.1. The molecule has 1 fully saturated rings. The fraction of sp³-hybridized carbons (Fsp3) is 0.333. The highest BCUT2D eigenvalue weighted by Gasteiger charge is 2.25. The summed E-state index contributed by atoms with van der Waals surface area (Å²) in [5, 5.41) is 13.4. The first-order chi connectivity index (χ1) is 14.7. The summed E-state index contributed by atoms with van der Waals surface area (Å²) in [5.41, 5.74) is 2.50. The molecule has 1 aliphatic carbocycles. The van der Waals surface area contributed by atoms with E-state index in [1.165, 1.54) is 0 Å². The number of rotatable bonds is 4. The Labute approximate surface area is 172 Å². The summed E-state index contributed by atoms with van der Waals surface area (Å²) >= 11 is 0. The van der Waals surface area contributed by atoms with Crippen molar-refractivity contribution in [3.63, 3.8) is 0 Å². The minimum atomic E-state index is -0.0583. The highest BCUT2D eigenvalue weighted by molar-refractivity contribution is 5.86. The third-order valence-corrected chi connectivity index (χ3v) is 5.71. The van der Waals surface area contributed by atoms with Crippen LogP contribution in [0.3, 0.4) is 0 Å². The van der Waals surface area contributed by atoms with Crippen molar-refractivity contribution < 1.29 is 0 Å². The first-order valence-electron chi connectivity index (χ1n) is 10.1. The van der Waals surface area contributed by atoms with Crippen LogP contribution in [0.2, 0.25) is 0 Å². The van der Waals surface area contributed by atoms with Crippen molar-refractivity contribution >= 4 is 16.9 Å². The van der Waals surface area contributed by atoms with Crippen LogP contribution in [0.4, 0.5) is 5.82 Å². The Kier molecular flexibility index (Phi) is 4.70. The number of hydrogen-bond donors (Lipinski definition) is 1. The molecule has 0 saturated heterocycles. The summed E-state index contributed by atoms with van der Waals surface area (Å²) in [6.45, 7) is 0.